The van der Waals surface area contributed by atoms with Crippen molar-refractivity contribution in [1.82, 2.24) is 19.4 Å². The summed E-state index contributed by atoms with van der Waals surface area (Å²) in [5.74, 6) is 1.25. The molecule has 2 aromatic carbocycles. The van der Waals surface area contributed by atoms with Crippen LogP contribution in [0.25, 0.3) is 39.1 Å². The number of aromatic nitrogens is 4. The first-order valence-corrected chi connectivity index (χ1v) is 12.1. The Kier molecular flexibility index (Phi) is 5.06. The van der Waals surface area contributed by atoms with Crippen molar-refractivity contribution in [3.63, 3.8) is 0 Å². The van der Waals surface area contributed by atoms with Crippen molar-refractivity contribution in [3.05, 3.63) is 72.2 Å². The van der Waals surface area contributed by atoms with E-state index < -0.39 is 0 Å². The molecule has 1 aliphatic carbocycles. The first kappa shape index (κ1) is 21.4. The zero-order chi connectivity index (χ0) is 24.1. The second-order valence-electron chi connectivity index (χ2n) is 9.77. The van der Waals surface area contributed by atoms with Gasteiger partial charge in [0.25, 0.3) is 0 Å². The van der Waals surface area contributed by atoms with Gasteiger partial charge in [-0.3, -0.25) is 9.20 Å². The molecule has 1 saturated carbocycles. The Hall–Kier alpha value is -4.13. The van der Waals surface area contributed by atoms with Crippen molar-refractivity contribution in [3.8, 4) is 22.5 Å². The van der Waals surface area contributed by atoms with Crippen LogP contribution in [-0.2, 0) is 0 Å². The van der Waals surface area contributed by atoms with Crippen molar-refractivity contribution in [2.24, 2.45) is 11.7 Å². The van der Waals surface area contributed by atoms with Crippen molar-refractivity contribution < 1.29 is 4.79 Å². The number of H-pyrrole nitrogens is 1. The van der Waals surface area contributed by atoms with Gasteiger partial charge in [-0.05, 0) is 54.5 Å². The van der Waals surface area contributed by atoms with Gasteiger partial charge in [0.15, 0.2) is 11.5 Å². The van der Waals surface area contributed by atoms with Crippen LogP contribution in [0.2, 0.25) is 0 Å². The van der Waals surface area contributed by atoms with Gasteiger partial charge in [0.05, 0.1) is 17.6 Å². The van der Waals surface area contributed by atoms with Crippen LogP contribution in [0.4, 0.5) is 5.82 Å². The first-order valence-electron chi connectivity index (χ1n) is 12.1. The summed E-state index contributed by atoms with van der Waals surface area (Å²) in [6, 6.07) is 14.2. The lowest BCUT2D eigenvalue weighted by molar-refractivity contribution is 0.0999. The quantitative estimate of drug-likeness (QED) is 0.292. The number of primary amides is 1. The molecule has 0 saturated heterocycles. The van der Waals surface area contributed by atoms with Gasteiger partial charge < -0.3 is 16.0 Å². The molecule has 1 amide bonds. The highest BCUT2D eigenvalue weighted by Gasteiger charge is 2.28. The molecule has 7 heteroatoms. The summed E-state index contributed by atoms with van der Waals surface area (Å²) in [6.45, 7) is 5.14. The van der Waals surface area contributed by atoms with Gasteiger partial charge >= 0.3 is 0 Å². The van der Waals surface area contributed by atoms with Crippen molar-refractivity contribution in [2.75, 3.05) is 11.9 Å². The Morgan fingerprint density at radius 2 is 2.09 bits per heavy atom. The zero-order valence-corrected chi connectivity index (χ0v) is 19.9. The summed E-state index contributed by atoms with van der Waals surface area (Å²) in [4.78, 5) is 25.0. The van der Waals surface area contributed by atoms with Gasteiger partial charge in [-0.1, -0.05) is 32.0 Å². The van der Waals surface area contributed by atoms with Crippen molar-refractivity contribution >= 4 is 28.3 Å². The number of amides is 1. The summed E-state index contributed by atoms with van der Waals surface area (Å²) in [5, 5.41) is 4.63. The van der Waals surface area contributed by atoms with Crippen LogP contribution in [0.1, 0.15) is 48.5 Å². The molecule has 5 aromatic rings. The molecule has 0 bridgehead atoms. The van der Waals surface area contributed by atoms with Gasteiger partial charge in [0, 0.05) is 46.5 Å². The van der Waals surface area contributed by atoms with E-state index in [0.717, 1.165) is 69.8 Å². The molecule has 7 nitrogen and oxygen atoms in total. The molecular weight excluding hydrogens is 436 g/mol. The summed E-state index contributed by atoms with van der Waals surface area (Å²) in [6.07, 6.45) is 8.07. The van der Waals surface area contributed by atoms with Gasteiger partial charge in [-0.2, -0.15) is 0 Å². The van der Waals surface area contributed by atoms with E-state index >= 15 is 0 Å². The van der Waals surface area contributed by atoms with Gasteiger partial charge in [-0.25, -0.2) is 9.97 Å². The number of rotatable bonds is 7. The topological polar surface area (TPSA) is 101 Å². The van der Waals surface area contributed by atoms with Crippen LogP contribution < -0.4 is 11.1 Å². The molecule has 176 valence electrons. The predicted octanol–water partition coefficient (Wildman–Crippen LogP) is 5.59. The number of nitrogens with zero attached hydrogens (tertiary/aromatic N) is 3. The van der Waals surface area contributed by atoms with E-state index in [-0.39, 0.29) is 5.91 Å². The fourth-order valence-electron chi connectivity index (χ4n) is 4.74. The Morgan fingerprint density at radius 1 is 1.23 bits per heavy atom. The van der Waals surface area contributed by atoms with Gasteiger partial charge in [0.1, 0.15) is 0 Å². The number of nitrogens with one attached hydrogen (secondary N) is 2. The van der Waals surface area contributed by atoms with E-state index in [1.807, 2.05) is 30.6 Å². The number of imidazole rings is 1. The molecule has 1 fully saturated rings. The largest absolute Gasteiger partial charge is 0.367 e. The standard InChI is InChI=1S/C28H28N6O/c1-16(2)13-31-27-28-32-14-25(18-8-9-21(26(29)35)22(12-18)17-6-7-17)34(28)15-24(33-27)19-4-3-5-23-20(19)10-11-30-23/h3-5,8-12,14-17,30H,6-7,13H2,1-2H3,(H2,29,35)(H,31,33). The summed E-state index contributed by atoms with van der Waals surface area (Å²) in [7, 11) is 0. The second-order valence-corrected chi connectivity index (χ2v) is 9.77. The number of nitrogens with two attached hydrogens (primary N) is 1. The fourth-order valence-corrected chi connectivity index (χ4v) is 4.74. The van der Waals surface area contributed by atoms with E-state index in [9.17, 15) is 4.79 Å². The average Bonchev–Trinajstić information content (AvgIpc) is 3.42. The lowest BCUT2D eigenvalue weighted by Gasteiger charge is -2.14. The molecule has 4 N–H and O–H groups in total. The van der Waals surface area contributed by atoms with Crippen LogP contribution in [0, 0.1) is 5.92 Å². The number of fused-ring (bicyclic) bond motifs is 2. The Bertz CT molecular complexity index is 1570. The minimum Gasteiger partial charge on any atom is -0.367 e. The van der Waals surface area contributed by atoms with E-state index in [1.54, 1.807) is 0 Å². The van der Waals surface area contributed by atoms with Crippen LogP contribution in [0.15, 0.2) is 61.1 Å². The highest BCUT2D eigenvalue weighted by Crippen LogP contribution is 2.43. The Morgan fingerprint density at radius 3 is 2.86 bits per heavy atom. The highest BCUT2D eigenvalue weighted by atomic mass is 16.1. The number of carbonyl (C=O) groups is 1. The third-order valence-electron chi connectivity index (χ3n) is 6.67. The first-order chi connectivity index (χ1) is 17.0. The van der Waals surface area contributed by atoms with Gasteiger partial charge in [0.2, 0.25) is 5.91 Å². The lowest BCUT2D eigenvalue weighted by Crippen LogP contribution is -2.13. The number of hydrogen-bond acceptors (Lipinski definition) is 4. The maximum absolute atomic E-state index is 12.0. The van der Waals surface area contributed by atoms with Gasteiger partial charge in [-0.15, -0.1) is 0 Å². The van der Waals surface area contributed by atoms with E-state index in [0.29, 0.717) is 17.4 Å². The number of hydrogen-bond donors (Lipinski definition) is 3. The van der Waals surface area contributed by atoms with Crippen LogP contribution >= 0.6 is 0 Å². The molecule has 0 spiro atoms. The van der Waals surface area contributed by atoms with Crippen LogP contribution in [-0.4, -0.2) is 31.8 Å². The van der Waals surface area contributed by atoms with E-state index in [2.05, 4.69) is 59.0 Å². The smallest absolute Gasteiger partial charge is 0.248 e. The molecular formula is C28H28N6O. The fraction of sp³-hybridized carbons (Fsp3) is 0.250. The van der Waals surface area contributed by atoms with Crippen molar-refractivity contribution in [2.45, 2.75) is 32.6 Å². The summed E-state index contributed by atoms with van der Waals surface area (Å²) >= 11 is 0. The number of carbonyl (C=O) groups excluding carboxylic acids is 1. The molecule has 0 aliphatic heterocycles. The third-order valence-corrected chi connectivity index (χ3v) is 6.67. The minimum atomic E-state index is -0.372. The number of aromatic amines is 1. The number of anilines is 1. The molecule has 3 heterocycles. The monoisotopic (exact) mass is 464 g/mol. The summed E-state index contributed by atoms with van der Waals surface area (Å²) in [5.41, 5.74) is 13.0. The Balaban J connectivity index is 1.55. The normalized spacial score (nSPS) is 13.7. The Labute approximate surface area is 203 Å². The minimum absolute atomic E-state index is 0.372. The van der Waals surface area contributed by atoms with Crippen LogP contribution in [0.3, 0.4) is 0 Å². The third kappa shape index (κ3) is 3.83. The maximum Gasteiger partial charge on any atom is 0.248 e. The number of benzene rings is 2. The second kappa shape index (κ2) is 8.27. The highest BCUT2D eigenvalue weighted by molar-refractivity contribution is 5.96. The zero-order valence-electron chi connectivity index (χ0n) is 19.9. The van der Waals surface area contributed by atoms with E-state index in [1.165, 1.54) is 0 Å². The molecule has 0 atom stereocenters. The molecule has 0 unspecified atom stereocenters. The maximum atomic E-state index is 12.0. The molecule has 6 rings (SSSR count). The molecule has 3 aromatic heterocycles. The summed E-state index contributed by atoms with van der Waals surface area (Å²) < 4.78 is 2.10. The predicted molar refractivity (Wildman–Crippen MR) is 140 cm³/mol. The molecule has 35 heavy (non-hydrogen) atoms. The molecule has 0 radical (unpaired) electrons. The van der Waals surface area contributed by atoms with Crippen LogP contribution in [0.5, 0.6) is 0 Å². The van der Waals surface area contributed by atoms with E-state index in [4.69, 9.17) is 15.7 Å². The SMILES string of the molecule is CC(C)CNc1nc(-c2cccc3[nH]ccc23)cn2c(-c3ccc(C(N)=O)c(C4CC4)c3)cnc12. The molecule has 1 aliphatic rings. The van der Waals surface area contributed by atoms with Crippen molar-refractivity contribution in [1.29, 1.82) is 0 Å². The lowest BCUT2D eigenvalue weighted by atomic mass is 9.98. The average molecular weight is 465 g/mol.